The zero-order valence-corrected chi connectivity index (χ0v) is 8.90. The van der Waals surface area contributed by atoms with Crippen LogP contribution in [0, 0.1) is 0 Å². The molecule has 15 heavy (non-hydrogen) atoms. The van der Waals surface area contributed by atoms with Gasteiger partial charge in [-0.25, -0.2) is 4.98 Å². The SMILES string of the molecule is CC(C)(N)CCC(=O)Nc1nccnn1. The minimum absolute atomic E-state index is 0.151. The highest BCUT2D eigenvalue weighted by Crippen LogP contribution is 2.07. The molecule has 0 unspecified atom stereocenters. The number of carbonyl (C=O) groups is 1. The topological polar surface area (TPSA) is 93.8 Å². The summed E-state index contributed by atoms with van der Waals surface area (Å²) in [5.41, 5.74) is 5.41. The average molecular weight is 209 g/mol. The molecule has 0 atom stereocenters. The molecule has 0 radical (unpaired) electrons. The molecular weight excluding hydrogens is 194 g/mol. The van der Waals surface area contributed by atoms with Gasteiger partial charge in [0, 0.05) is 12.0 Å². The van der Waals surface area contributed by atoms with Crippen molar-refractivity contribution >= 4 is 11.9 Å². The van der Waals surface area contributed by atoms with E-state index in [0.717, 1.165) is 0 Å². The van der Waals surface area contributed by atoms with Crippen molar-refractivity contribution < 1.29 is 4.79 Å². The Labute approximate surface area is 88.3 Å². The fraction of sp³-hybridized carbons (Fsp3) is 0.556. The van der Waals surface area contributed by atoms with Crippen LogP contribution < -0.4 is 11.1 Å². The lowest BCUT2D eigenvalue weighted by Gasteiger charge is -2.17. The molecule has 0 aromatic carbocycles. The molecule has 1 aromatic rings. The largest absolute Gasteiger partial charge is 0.326 e. The normalized spacial score (nSPS) is 11.1. The molecule has 0 saturated carbocycles. The number of hydrogen-bond acceptors (Lipinski definition) is 5. The van der Waals surface area contributed by atoms with Crippen LogP contribution in [0.4, 0.5) is 5.95 Å². The lowest BCUT2D eigenvalue weighted by atomic mass is 10.00. The molecule has 1 aromatic heterocycles. The van der Waals surface area contributed by atoms with Gasteiger partial charge in [-0.2, -0.15) is 5.10 Å². The quantitative estimate of drug-likeness (QED) is 0.745. The van der Waals surface area contributed by atoms with Gasteiger partial charge >= 0.3 is 0 Å². The number of anilines is 1. The highest BCUT2D eigenvalue weighted by atomic mass is 16.1. The van der Waals surface area contributed by atoms with Crippen LogP contribution in [0.25, 0.3) is 0 Å². The van der Waals surface area contributed by atoms with E-state index in [9.17, 15) is 4.79 Å². The second-order valence-electron chi connectivity index (χ2n) is 4.00. The Hall–Kier alpha value is -1.56. The number of rotatable bonds is 4. The first-order chi connectivity index (χ1) is 6.97. The van der Waals surface area contributed by atoms with Gasteiger partial charge in [-0.3, -0.25) is 10.1 Å². The first-order valence-electron chi connectivity index (χ1n) is 4.70. The van der Waals surface area contributed by atoms with Crippen LogP contribution in [0.15, 0.2) is 12.4 Å². The summed E-state index contributed by atoms with van der Waals surface area (Å²) in [7, 11) is 0. The number of nitrogens with zero attached hydrogens (tertiary/aromatic N) is 3. The maximum absolute atomic E-state index is 11.4. The lowest BCUT2D eigenvalue weighted by molar-refractivity contribution is -0.116. The minimum Gasteiger partial charge on any atom is -0.326 e. The van der Waals surface area contributed by atoms with Crippen molar-refractivity contribution in [1.82, 2.24) is 15.2 Å². The molecule has 1 rings (SSSR count). The summed E-state index contributed by atoms with van der Waals surface area (Å²) in [4.78, 5) is 15.2. The van der Waals surface area contributed by atoms with Gasteiger partial charge in [-0.1, -0.05) is 0 Å². The number of carbonyl (C=O) groups excluding carboxylic acids is 1. The van der Waals surface area contributed by atoms with Crippen molar-refractivity contribution in [2.24, 2.45) is 5.73 Å². The molecule has 82 valence electrons. The highest BCUT2D eigenvalue weighted by Gasteiger charge is 2.13. The minimum atomic E-state index is -0.340. The fourth-order valence-electron chi connectivity index (χ4n) is 0.928. The van der Waals surface area contributed by atoms with Gasteiger partial charge in [-0.15, -0.1) is 5.10 Å². The summed E-state index contributed by atoms with van der Waals surface area (Å²) in [6, 6.07) is 0. The van der Waals surface area contributed by atoms with Crippen LogP contribution in [0.3, 0.4) is 0 Å². The zero-order valence-electron chi connectivity index (χ0n) is 8.90. The number of amides is 1. The van der Waals surface area contributed by atoms with Crippen molar-refractivity contribution in [1.29, 1.82) is 0 Å². The summed E-state index contributed by atoms with van der Waals surface area (Å²) in [5, 5.41) is 9.77. The number of nitrogens with two attached hydrogens (primary N) is 1. The van der Waals surface area contributed by atoms with E-state index in [1.165, 1.54) is 12.4 Å². The van der Waals surface area contributed by atoms with E-state index < -0.39 is 0 Å². The van der Waals surface area contributed by atoms with Crippen molar-refractivity contribution in [3.05, 3.63) is 12.4 Å². The van der Waals surface area contributed by atoms with Crippen molar-refractivity contribution in [3.8, 4) is 0 Å². The van der Waals surface area contributed by atoms with E-state index in [-0.39, 0.29) is 17.4 Å². The molecule has 0 aliphatic carbocycles. The van der Waals surface area contributed by atoms with Crippen LogP contribution in [0.2, 0.25) is 0 Å². The molecule has 0 aliphatic heterocycles. The molecule has 0 spiro atoms. The second kappa shape index (κ2) is 4.79. The Morgan fingerprint density at radius 2 is 2.27 bits per heavy atom. The molecule has 6 heteroatoms. The van der Waals surface area contributed by atoms with Gasteiger partial charge in [-0.05, 0) is 20.3 Å². The maximum atomic E-state index is 11.4. The van der Waals surface area contributed by atoms with E-state index >= 15 is 0 Å². The summed E-state index contributed by atoms with van der Waals surface area (Å²) >= 11 is 0. The second-order valence-corrected chi connectivity index (χ2v) is 4.00. The molecule has 0 aliphatic rings. The summed E-state index contributed by atoms with van der Waals surface area (Å²) in [6.07, 6.45) is 3.87. The number of hydrogen-bond donors (Lipinski definition) is 2. The van der Waals surface area contributed by atoms with E-state index in [0.29, 0.717) is 12.8 Å². The summed E-state index contributed by atoms with van der Waals surface area (Å²) < 4.78 is 0. The van der Waals surface area contributed by atoms with Crippen molar-refractivity contribution in [2.45, 2.75) is 32.2 Å². The predicted octanol–water partition coefficient (Wildman–Crippen LogP) is 0.328. The third kappa shape index (κ3) is 5.02. The summed E-state index contributed by atoms with van der Waals surface area (Å²) in [6.45, 7) is 3.75. The van der Waals surface area contributed by atoms with Gasteiger partial charge in [0.15, 0.2) is 0 Å². The Morgan fingerprint density at radius 1 is 1.53 bits per heavy atom. The van der Waals surface area contributed by atoms with Gasteiger partial charge < -0.3 is 5.73 Å². The third-order valence-corrected chi connectivity index (χ3v) is 1.73. The van der Waals surface area contributed by atoms with E-state index in [2.05, 4.69) is 20.5 Å². The summed E-state index contributed by atoms with van der Waals surface area (Å²) in [5.74, 6) is 0.0684. The highest BCUT2D eigenvalue weighted by molar-refractivity contribution is 5.88. The fourth-order valence-corrected chi connectivity index (χ4v) is 0.928. The smallest absolute Gasteiger partial charge is 0.249 e. The maximum Gasteiger partial charge on any atom is 0.249 e. The van der Waals surface area contributed by atoms with E-state index in [4.69, 9.17) is 5.73 Å². The molecule has 3 N–H and O–H groups in total. The van der Waals surface area contributed by atoms with Gasteiger partial charge in [0.2, 0.25) is 11.9 Å². The molecule has 0 fully saturated rings. The predicted molar refractivity (Wildman–Crippen MR) is 56.0 cm³/mol. The first-order valence-corrected chi connectivity index (χ1v) is 4.70. The van der Waals surface area contributed by atoms with Crippen LogP contribution in [-0.4, -0.2) is 26.6 Å². The Balaban J connectivity index is 2.38. The van der Waals surface area contributed by atoms with Crippen LogP contribution >= 0.6 is 0 Å². The van der Waals surface area contributed by atoms with Gasteiger partial charge in [0.1, 0.15) is 0 Å². The third-order valence-electron chi connectivity index (χ3n) is 1.73. The van der Waals surface area contributed by atoms with Gasteiger partial charge in [0.25, 0.3) is 0 Å². The van der Waals surface area contributed by atoms with Gasteiger partial charge in [0.05, 0.1) is 12.4 Å². The molecule has 0 bridgehead atoms. The number of nitrogens with one attached hydrogen (secondary N) is 1. The molecular formula is C9H15N5O. The Bertz CT molecular complexity index is 319. The monoisotopic (exact) mass is 209 g/mol. The number of aromatic nitrogens is 3. The zero-order chi connectivity index (χ0) is 11.3. The van der Waals surface area contributed by atoms with Crippen LogP contribution in [0.5, 0.6) is 0 Å². The molecule has 0 saturated heterocycles. The average Bonchev–Trinajstić information content (AvgIpc) is 2.15. The first kappa shape index (κ1) is 11.5. The Morgan fingerprint density at radius 3 is 2.80 bits per heavy atom. The Kier molecular flexibility index (Phi) is 3.68. The van der Waals surface area contributed by atoms with E-state index in [1.54, 1.807) is 0 Å². The molecule has 6 nitrogen and oxygen atoms in total. The standard InChI is InChI=1S/C9H15N5O/c1-9(2,10)4-3-7(15)13-8-11-5-6-12-14-8/h5-6H,3-4,10H2,1-2H3,(H,11,13,14,15). The van der Waals surface area contributed by atoms with Crippen LogP contribution in [-0.2, 0) is 4.79 Å². The molecule has 1 heterocycles. The van der Waals surface area contributed by atoms with Crippen molar-refractivity contribution in [2.75, 3.05) is 5.32 Å². The molecule has 1 amide bonds. The van der Waals surface area contributed by atoms with E-state index in [1.807, 2.05) is 13.8 Å². The van der Waals surface area contributed by atoms with Crippen LogP contribution in [0.1, 0.15) is 26.7 Å². The lowest BCUT2D eigenvalue weighted by Crippen LogP contribution is -2.33. The van der Waals surface area contributed by atoms with Crippen molar-refractivity contribution in [3.63, 3.8) is 0 Å².